The Kier molecular flexibility index (Phi) is 6.67. The average Bonchev–Trinajstić information content (AvgIpc) is 3.33. The number of rotatable bonds is 7. The fourth-order valence-corrected chi connectivity index (χ4v) is 3.81. The molecule has 1 fully saturated rings. The third-order valence-corrected chi connectivity index (χ3v) is 5.56. The first kappa shape index (κ1) is 21.1. The van der Waals surface area contributed by atoms with Gasteiger partial charge < -0.3 is 15.0 Å². The zero-order valence-corrected chi connectivity index (χ0v) is 17.9. The number of halogens is 1. The first-order chi connectivity index (χ1) is 15.1. The van der Waals surface area contributed by atoms with Gasteiger partial charge in [-0.1, -0.05) is 41.9 Å². The molecule has 1 N–H and O–H groups in total. The van der Waals surface area contributed by atoms with Gasteiger partial charge in [0.1, 0.15) is 11.4 Å². The number of para-hydroxylation sites is 1. The first-order valence-electron chi connectivity index (χ1n) is 10.4. The zero-order valence-electron chi connectivity index (χ0n) is 17.1. The number of carbonyl (C=O) groups is 2. The van der Waals surface area contributed by atoms with Crippen LogP contribution in [0, 0.1) is 0 Å². The molecule has 0 unspecified atom stereocenters. The van der Waals surface area contributed by atoms with Crippen LogP contribution in [0.25, 0.3) is 10.9 Å². The quantitative estimate of drug-likeness (QED) is 0.565. The van der Waals surface area contributed by atoms with Crippen LogP contribution in [0.3, 0.4) is 0 Å². The third-order valence-electron chi connectivity index (χ3n) is 5.31. The predicted molar refractivity (Wildman–Crippen MR) is 122 cm³/mol. The molecule has 1 aliphatic rings. The molecule has 1 aliphatic heterocycles. The molecule has 0 aliphatic carbocycles. The molecular weight excluding hydrogens is 414 g/mol. The van der Waals surface area contributed by atoms with Gasteiger partial charge in [-0.05, 0) is 49.1 Å². The van der Waals surface area contributed by atoms with Crippen LogP contribution in [0.4, 0.5) is 5.82 Å². The minimum atomic E-state index is -0.534. The van der Waals surface area contributed by atoms with Crippen molar-refractivity contribution in [1.82, 2.24) is 10.3 Å². The summed E-state index contributed by atoms with van der Waals surface area (Å²) in [6.07, 6.45) is 2.81. The smallest absolute Gasteiger partial charge is 0.342 e. The number of amides is 1. The number of hydrogen-bond donors (Lipinski definition) is 1. The fraction of sp³-hybridized carbons (Fsp3) is 0.292. The topological polar surface area (TPSA) is 71.5 Å². The monoisotopic (exact) mass is 437 g/mol. The molecule has 160 valence electrons. The zero-order chi connectivity index (χ0) is 21.6. The molecule has 3 aromatic rings. The van der Waals surface area contributed by atoms with E-state index in [-0.39, 0.29) is 12.5 Å². The molecule has 1 amide bonds. The summed E-state index contributed by atoms with van der Waals surface area (Å²) in [5.74, 6) is -0.240. The van der Waals surface area contributed by atoms with Crippen molar-refractivity contribution < 1.29 is 14.3 Å². The summed E-state index contributed by atoms with van der Waals surface area (Å²) in [4.78, 5) is 31.8. The maximum Gasteiger partial charge on any atom is 0.342 e. The summed E-state index contributed by atoms with van der Waals surface area (Å²) in [7, 11) is 0. The molecule has 0 bridgehead atoms. The number of anilines is 1. The number of aromatic nitrogens is 1. The van der Waals surface area contributed by atoms with Crippen molar-refractivity contribution in [2.24, 2.45) is 0 Å². The molecule has 4 rings (SSSR count). The first-order valence-corrected chi connectivity index (χ1v) is 10.8. The Morgan fingerprint density at radius 3 is 2.58 bits per heavy atom. The molecule has 6 nitrogen and oxygen atoms in total. The van der Waals surface area contributed by atoms with Crippen LogP contribution in [0.5, 0.6) is 0 Å². The summed E-state index contributed by atoms with van der Waals surface area (Å²) in [5.41, 5.74) is 2.30. The van der Waals surface area contributed by atoms with Gasteiger partial charge in [-0.2, -0.15) is 0 Å². The highest BCUT2D eigenvalue weighted by atomic mass is 35.5. The van der Waals surface area contributed by atoms with Gasteiger partial charge in [0.25, 0.3) is 5.91 Å². The van der Waals surface area contributed by atoms with Gasteiger partial charge in [0, 0.05) is 30.0 Å². The summed E-state index contributed by atoms with van der Waals surface area (Å²) in [6.45, 7) is 1.84. The van der Waals surface area contributed by atoms with Gasteiger partial charge in [0.2, 0.25) is 0 Å². The molecule has 7 heteroatoms. The summed E-state index contributed by atoms with van der Waals surface area (Å²) >= 11 is 5.88. The van der Waals surface area contributed by atoms with E-state index in [0.717, 1.165) is 42.4 Å². The largest absolute Gasteiger partial charge is 0.452 e. The molecule has 31 heavy (non-hydrogen) atoms. The highest BCUT2D eigenvalue weighted by molar-refractivity contribution is 6.30. The lowest BCUT2D eigenvalue weighted by Crippen LogP contribution is -2.31. The molecule has 0 atom stereocenters. The van der Waals surface area contributed by atoms with Crippen molar-refractivity contribution in [2.75, 3.05) is 31.1 Å². The Bertz CT molecular complexity index is 1080. The van der Waals surface area contributed by atoms with Crippen LogP contribution < -0.4 is 10.2 Å². The van der Waals surface area contributed by atoms with E-state index >= 15 is 0 Å². The molecule has 1 aromatic heterocycles. The number of ether oxygens (including phenoxy) is 1. The Balaban J connectivity index is 1.37. The van der Waals surface area contributed by atoms with Crippen LogP contribution in [-0.2, 0) is 16.0 Å². The molecule has 2 heterocycles. The fourth-order valence-electron chi connectivity index (χ4n) is 3.68. The van der Waals surface area contributed by atoms with Crippen LogP contribution >= 0.6 is 11.6 Å². The van der Waals surface area contributed by atoms with Crippen LogP contribution in [0.15, 0.2) is 54.6 Å². The third kappa shape index (κ3) is 5.33. The van der Waals surface area contributed by atoms with Gasteiger partial charge in [-0.15, -0.1) is 0 Å². The van der Waals surface area contributed by atoms with Gasteiger partial charge in [-0.3, -0.25) is 4.79 Å². The second kappa shape index (κ2) is 9.79. The number of nitrogens with one attached hydrogen (secondary N) is 1. The van der Waals surface area contributed by atoms with E-state index in [1.165, 1.54) is 0 Å². The van der Waals surface area contributed by atoms with Gasteiger partial charge in [-0.25, -0.2) is 9.78 Å². The number of nitrogens with zero attached hydrogens (tertiary/aromatic N) is 2. The number of esters is 1. The highest BCUT2D eigenvalue weighted by Crippen LogP contribution is 2.27. The van der Waals surface area contributed by atoms with E-state index in [4.69, 9.17) is 21.3 Å². The van der Waals surface area contributed by atoms with Crippen LogP contribution in [-0.4, -0.2) is 43.1 Å². The van der Waals surface area contributed by atoms with Gasteiger partial charge in [0.15, 0.2) is 6.61 Å². The molecule has 0 radical (unpaired) electrons. The van der Waals surface area contributed by atoms with Crippen molar-refractivity contribution >= 4 is 40.2 Å². The maximum atomic E-state index is 12.8. The molecule has 0 spiro atoms. The van der Waals surface area contributed by atoms with Crippen LogP contribution in [0.2, 0.25) is 5.02 Å². The van der Waals surface area contributed by atoms with Crippen molar-refractivity contribution in [3.05, 3.63) is 70.7 Å². The van der Waals surface area contributed by atoms with E-state index < -0.39 is 5.97 Å². The number of fused-ring (bicyclic) bond motifs is 1. The number of carbonyl (C=O) groups excluding carboxylic acids is 2. The van der Waals surface area contributed by atoms with Crippen molar-refractivity contribution in [2.45, 2.75) is 19.3 Å². The van der Waals surface area contributed by atoms with Crippen molar-refractivity contribution in [3.63, 3.8) is 0 Å². The van der Waals surface area contributed by atoms with E-state index in [1.807, 2.05) is 48.5 Å². The van der Waals surface area contributed by atoms with E-state index in [9.17, 15) is 9.59 Å². The normalized spacial score (nSPS) is 13.4. The second-order valence-corrected chi connectivity index (χ2v) is 7.99. The molecular formula is C24H24ClN3O3. The maximum absolute atomic E-state index is 12.8. The predicted octanol–water partition coefficient (Wildman–Crippen LogP) is 4.00. The summed E-state index contributed by atoms with van der Waals surface area (Å²) in [6, 6.07) is 16.9. The Labute approximate surface area is 186 Å². The van der Waals surface area contributed by atoms with E-state index in [2.05, 4.69) is 10.2 Å². The Hall–Kier alpha value is -3.12. The summed E-state index contributed by atoms with van der Waals surface area (Å²) in [5, 5.41) is 4.32. The number of hydrogen-bond acceptors (Lipinski definition) is 5. The average molecular weight is 438 g/mol. The summed E-state index contributed by atoms with van der Waals surface area (Å²) < 4.78 is 5.32. The Morgan fingerprint density at radius 1 is 1.06 bits per heavy atom. The lowest BCUT2D eigenvalue weighted by atomic mass is 10.1. The standard InChI is InChI=1S/C24H24ClN3O3/c25-19-9-7-17(8-10-19)11-12-26-22(29)16-31-24(30)20-15-18-5-1-2-6-21(18)27-23(20)28-13-3-4-14-28/h1-2,5-10,15H,3-4,11-14,16H2,(H,26,29). The number of pyridine rings is 1. The van der Waals surface area contributed by atoms with Gasteiger partial charge in [0.05, 0.1) is 5.52 Å². The van der Waals surface area contributed by atoms with E-state index in [0.29, 0.717) is 29.4 Å². The molecule has 1 saturated heterocycles. The number of benzene rings is 2. The highest BCUT2D eigenvalue weighted by Gasteiger charge is 2.23. The minimum absolute atomic E-state index is 0.328. The second-order valence-electron chi connectivity index (χ2n) is 7.55. The minimum Gasteiger partial charge on any atom is -0.452 e. The lowest BCUT2D eigenvalue weighted by molar-refractivity contribution is -0.124. The van der Waals surface area contributed by atoms with Crippen molar-refractivity contribution in [3.8, 4) is 0 Å². The Morgan fingerprint density at radius 2 is 1.81 bits per heavy atom. The van der Waals surface area contributed by atoms with Crippen LogP contribution in [0.1, 0.15) is 28.8 Å². The van der Waals surface area contributed by atoms with Gasteiger partial charge >= 0.3 is 5.97 Å². The SMILES string of the molecule is O=C(COC(=O)c1cc2ccccc2nc1N1CCCC1)NCCc1ccc(Cl)cc1. The molecule has 2 aromatic carbocycles. The van der Waals surface area contributed by atoms with Crippen molar-refractivity contribution in [1.29, 1.82) is 0 Å². The lowest BCUT2D eigenvalue weighted by Gasteiger charge is -2.20. The molecule has 0 saturated carbocycles. The van der Waals surface area contributed by atoms with E-state index in [1.54, 1.807) is 6.07 Å².